The van der Waals surface area contributed by atoms with Crippen molar-refractivity contribution in [1.29, 1.82) is 0 Å². The molecule has 0 aliphatic carbocycles. The van der Waals surface area contributed by atoms with Gasteiger partial charge in [-0.3, -0.25) is 19.9 Å². The first-order valence-corrected chi connectivity index (χ1v) is 4.47. The molecule has 0 radical (unpaired) electrons. The minimum Gasteiger partial charge on any atom is -0.305 e. The average Bonchev–Trinajstić information content (AvgIpc) is 2.19. The van der Waals surface area contributed by atoms with Gasteiger partial charge in [-0.1, -0.05) is 11.6 Å². The molecule has 2 rings (SSSR count). The lowest BCUT2D eigenvalue weighted by Gasteiger charge is -1.99. The number of rotatable bonds is 1. The normalized spacial score (nSPS) is 10.6. The first-order valence-electron chi connectivity index (χ1n) is 4.09. The van der Waals surface area contributed by atoms with Crippen molar-refractivity contribution in [3.05, 3.63) is 48.1 Å². The van der Waals surface area contributed by atoms with Gasteiger partial charge in [-0.25, -0.2) is 4.79 Å². The third-order valence-corrected chi connectivity index (χ3v) is 2.29. The Balaban J connectivity index is 2.98. The van der Waals surface area contributed by atoms with Crippen LogP contribution in [0.3, 0.4) is 0 Å². The monoisotopic (exact) mass is 241 g/mol. The fourth-order valence-corrected chi connectivity index (χ4v) is 1.58. The number of hydrogen-bond acceptors (Lipinski definition) is 4. The van der Waals surface area contributed by atoms with E-state index in [1.54, 1.807) is 0 Å². The molecule has 0 spiro atoms. The summed E-state index contributed by atoms with van der Waals surface area (Å²) in [6, 6.07) is 2.12. The van der Waals surface area contributed by atoms with E-state index in [0.29, 0.717) is 0 Å². The smallest absolute Gasteiger partial charge is 0.305 e. The van der Waals surface area contributed by atoms with Gasteiger partial charge in [0.15, 0.2) is 0 Å². The van der Waals surface area contributed by atoms with Gasteiger partial charge in [0.1, 0.15) is 0 Å². The van der Waals surface area contributed by atoms with Crippen LogP contribution in [0, 0.1) is 10.1 Å². The highest BCUT2D eigenvalue weighted by molar-refractivity contribution is 6.35. The van der Waals surface area contributed by atoms with Crippen LogP contribution in [-0.4, -0.2) is 14.9 Å². The largest absolute Gasteiger partial charge is 0.326 e. The van der Waals surface area contributed by atoms with E-state index in [1.165, 1.54) is 0 Å². The SMILES string of the molecule is O=c1[nH]c(=O)c2cc([N+](=O)[O-])cc(Cl)c2[nH]1. The summed E-state index contributed by atoms with van der Waals surface area (Å²) in [4.78, 5) is 36.5. The van der Waals surface area contributed by atoms with Gasteiger partial charge in [0.2, 0.25) is 0 Å². The highest BCUT2D eigenvalue weighted by atomic mass is 35.5. The third kappa shape index (κ3) is 1.57. The number of benzene rings is 1. The average molecular weight is 242 g/mol. The van der Waals surface area contributed by atoms with Crippen LogP contribution in [-0.2, 0) is 0 Å². The van der Waals surface area contributed by atoms with E-state index in [9.17, 15) is 19.7 Å². The molecule has 1 aromatic carbocycles. The van der Waals surface area contributed by atoms with Crippen molar-refractivity contribution in [1.82, 2.24) is 9.97 Å². The van der Waals surface area contributed by atoms with E-state index in [0.717, 1.165) is 12.1 Å². The zero-order valence-corrected chi connectivity index (χ0v) is 8.37. The second-order valence-corrected chi connectivity index (χ2v) is 3.42. The van der Waals surface area contributed by atoms with E-state index in [2.05, 4.69) is 4.98 Å². The standard InChI is InChI=1S/C8H4ClN3O4/c9-5-2-3(12(15)16)1-4-6(5)10-8(14)11-7(4)13/h1-2H,(H2,10,11,13,14). The Morgan fingerprint density at radius 3 is 2.56 bits per heavy atom. The predicted molar refractivity (Wildman–Crippen MR) is 56.9 cm³/mol. The number of hydrogen-bond donors (Lipinski definition) is 2. The van der Waals surface area contributed by atoms with Gasteiger partial charge in [0.25, 0.3) is 11.2 Å². The summed E-state index contributed by atoms with van der Waals surface area (Å²) in [7, 11) is 0. The summed E-state index contributed by atoms with van der Waals surface area (Å²) >= 11 is 5.72. The number of halogens is 1. The lowest BCUT2D eigenvalue weighted by molar-refractivity contribution is -0.384. The number of H-pyrrole nitrogens is 2. The van der Waals surface area contributed by atoms with Gasteiger partial charge in [-0.15, -0.1) is 0 Å². The van der Waals surface area contributed by atoms with Crippen LogP contribution in [0.5, 0.6) is 0 Å². The molecule has 0 saturated heterocycles. The summed E-state index contributed by atoms with van der Waals surface area (Å²) in [5.41, 5.74) is -1.66. The summed E-state index contributed by atoms with van der Waals surface area (Å²) in [5.74, 6) is 0. The van der Waals surface area contributed by atoms with Crippen molar-refractivity contribution in [2.24, 2.45) is 0 Å². The number of nitrogens with one attached hydrogen (secondary N) is 2. The van der Waals surface area contributed by atoms with Gasteiger partial charge in [-0.2, -0.15) is 0 Å². The van der Waals surface area contributed by atoms with Gasteiger partial charge in [0.05, 0.1) is 20.8 Å². The maximum atomic E-state index is 11.4. The van der Waals surface area contributed by atoms with Crippen molar-refractivity contribution in [3.8, 4) is 0 Å². The number of non-ortho nitro benzene ring substituents is 1. The molecule has 1 aromatic heterocycles. The first-order chi connectivity index (χ1) is 7.49. The highest BCUT2D eigenvalue weighted by Crippen LogP contribution is 2.24. The third-order valence-electron chi connectivity index (χ3n) is 2.00. The minimum absolute atomic E-state index is 0.0289. The summed E-state index contributed by atoms with van der Waals surface area (Å²) in [6.45, 7) is 0. The van der Waals surface area contributed by atoms with Crippen LogP contribution in [0.25, 0.3) is 10.9 Å². The summed E-state index contributed by atoms with van der Waals surface area (Å²) in [5, 5.41) is 10.5. The molecule has 0 aliphatic heterocycles. The minimum atomic E-state index is -0.718. The van der Waals surface area contributed by atoms with Gasteiger partial charge in [0, 0.05) is 12.1 Å². The van der Waals surface area contributed by atoms with Crippen LogP contribution >= 0.6 is 11.6 Å². The van der Waals surface area contributed by atoms with Gasteiger partial charge >= 0.3 is 5.69 Å². The van der Waals surface area contributed by atoms with Crippen LogP contribution in [0.4, 0.5) is 5.69 Å². The van der Waals surface area contributed by atoms with Crippen LogP contribution in [0.1, 0.15) is 0 Å². The molecule has 2 N–H and O–H groups in total. The molecular weight excluding hydrogens is 238 g/mol. The lowest BCUT2D eigenvalue weighted by atomic mass is 10.2. The number of nitrogens with zero attached hydrogens (tertiary/aromatic N) is 1. The molecule has 7 nitrogen and oxygen atoms in total. The van der Waals surface area contributed by atoms with Crippen molar-refractivity contribution in [2.75, 3.05) is 0 Å². The number of nitro benzene ring substituents is 1. The maximum Gasteiger partial charge on any atom is 0.326 e. The number of nitro groups is 1. The fraction of sp³-hybridized carbons (Fsp3) is 0. The van der Waals surface area contributed by atoms with Crippen molar-refractivity contribution in [2.45, 2.75) is 0 Å². The number of aromatic nitrogens is 2. The molecule has 0 fully saturated rings. The molecule has 0 unspecified atom stereocenters. The molecule has 0 amide bonds. The van der Waals surface area contributed by atoms with E-state index >= 15 is 0 Å². The van der Waals surface area contributed by atoms with Gasteiger partial charge in [-0.05, 0) is 0 Å². The van der Waals surface area contributed by atoms with Crippen LogP contribution in [0.2, 0.25) is 5.02 Å². The Labute approximate surface area is 91.8 Å². The molecule has 2 aromatic rings. The predicted octanol–water partition coefficient (Wildman–Crippen LogP) is 0.778. The molecule has 8 heteroatoms. The Morgan fingerprint density at radius 1 is 1.25 bits per heavy atom. The molecule has 0 aliphatic rings. The molecule has 16 heavy (non-hydrogen) atoms. The van der Waals surface area contributed by atoms with E-state index in [-0.39, 0.29) is 21.6 Å². The number of aromatic amines is 2. The second kappa shape index (κ2) is 3.46. The molecule has 1 heterocycles. The zero-order valence-electron chi connectivity index (χ0n) is 7.61. The quantitative estimate of drug-likeness (QED) is 0.568. The maximum absolute atomic E-state index is 11.4. The van der Waals surface area contributed by atoms with E-state index in [4.69, 9.17) is 11.6 Å². The second-order valence-electron chi connectivity index (χ2n) is 3.02. The fourth-order valence-electron chi connectivity index (χ4n) is 1.32. The number of fused-ring (bicyclic) bond motifs is 1. The topological polar surface area (TPSA) is 109 Å². The summed E-state index contributed by atoms with van der Waals surface area (Å²) < 4.78 is 0. The molecule has 82 valence electrons. The lowest BCUT2D eigenvalue weighted by Crippen LogP contribution is -2.22. The van der Waals surface area contributed by atoms with Crippen molar-refractivity contribution in [3.63, 3.8) is 0 Å². The van der Waals surface area contributed by atoms with Crippen molar-refractivity contribution >= 4 is 28.2 Å². The zero-order chi connectivity index (χ0) is 11.9. The Hall–Kier alpha value is -2.15. The van der Waals surface area contributed by atoms with Crippen molar-refractivity contribution < 1.29 is 4.92 Å². The first kappa shape index (κ1) is 10.4. The molecule has 0 saturated carbocycles. The molecule has 0 atom stereocenters. The molecular formula is C8H4ClN3O4. The highest BCUT2D eigenvalue weighted by Gasteiger charge is 2.13. The van der Waals surface area contributed by atoms with Gasteiger partial charge < -0.3 is 4.98 Å². The Kier molecular flexibility index (Phi) is 2.24. The van der Waals surface area contributed by atoms with E-state index in [1.807, 2.05) is 4.98 Å². The van der Waals surface area contributed by atoms with Crippen LogP contribution < -0.4 is 11.2 Å². The van der Waals surface area contributed by atoms with Crippen LogP contribution in [0.15, 0.2) is 21.7 Å². The summed E-state index contributed by atoms with van der Waals surface area (Å²) in [6.07, 6.45) is 0. The Morgan fingerprint density at radius 2 is 1.94 bits per heavy atom. The van der Waals surface area contributed by atoms with E-state index < -0.39 is 16.2 Å². The Bertz CT molecular complexity index is 702. The molecule has 0 bridgehead atoms.